The van der Waals surface area contributed by atoms with E-state index in [9.17, 15) is 0 Å². The van der Waals surface area contributed by atoms with Gasteiger partial charge < -0.3 is 30.7 Å². The van der Waals surface area contributed by atoms with Gasteiger partial charge in [-0.3, -0.25) is 9.88 Å². The molecule has 40 heavy (non-hydrogen) atoms. The van der Waals surface area contributed by atoms with Crippen molar-refractivity contribution in [2.75, 3.05) is 81.6 Å². The maximum atomic E-state index is 15.3. The van der Waals surface area contributed by atoms with Crippen molar-refractivity contribution in [2.24, 2.45) is 0 Å². The van der Waals surface area contributed by atoms with Crippen molar-refractivity contribution in [1.29, 1.82) is 0 Å². The molecule has 208 valence electrons. The normalized spacial score (nSPS) is 16.3. The van der Waals surface area contributed by atoms with E-state index in [-0.39, 0.29) is 11.8 Å². The molecule has 1 aromatic carbocycles. The second kappa shape index (κ2) is 11.9. The summed E-state index contributed by atoms with van der Waals surface area (Å²) in [5.74, 6) is 1.47. The van der Waals surface area contributed by atoms with Gasteiger partial charge in [-0.15, -0.1) is 0 Å². The first kappa shape index (κ1) is 26.1. The van der Waals surface area contributed by atoms with E-state index in [2.05, 4.69) is 40.4 Å². The Morgan fingerprint density at radius 1 is 1.02 bits per heavy atom. The van der Waals surface area contributed by atoms with Crippen molar-refractivity contribution in [3.05, 3.63) is 54.6 Å². The van der Waals surface area contributed by atoms with Crippen LogP contribution in [0.2, 0.25) is 0 Å². The second-order valence-electron chi connectivity index (χ2n) is 9.70. The van der Waals surface area contributed by atoms with E-state index < -0.39 is 5.82 Å². The van der Waals surface area contributed by atoms with Gasteiger partial charge in [-0.25, -0.2) is 14.4 Å². The number of rotatable bonds is 8. The number of aromatic nitrogens is 4. The SMILES string of the molecule is Nc1nc(Nc2ccc(N3CCNCC3)nc2)nc2c(-c3ccc(OCCN4CCOCC4)cc3F)nccc12. The Kier molecular flexibility index (Phi) is 7.80. The number of halogens is 1. The summed E-state index contributed by atoms with van der Waals surface area (Å²) in [6, 6.07) is 10.4. The van der Waals surface area contributed by atoms with Crippen LogP contribution in [0, 0.1) is 5.82 Å². The molecule has 0 radical (unpaired) electrons. The molecule has 3 aromatic heterocycles. The number of fused-ring (bicyclic) bond motifs is 1. The molecule has 0 bridgehead atoms. The monoisotopic (exact) mass is 545 g/mol. The molecular weight excluding hydrogens is 513 g/mol. The topological polar surface area (TPSA) is 127 Å². The van der Waals surface area contributed by atoms with E-state index in [1.54, 1.807) is 30.6 Å². The van der Waals surface area contributed by atoms with Gasteiger partial charge in [-0.05, 0) is 30.3 Å². The predicted molar refractivity (Wildman–Crippen MR) is 152 cm³/mol. The highest BCUT2D eigenvalue weighted by Crippen LogP contribution is 2.32. The van der Waals surface area contributed by atoms with Crippen LogP contribution in [0.4, 0.5) is 27.7 Å². The summed E-state index contributed by atoms with van der Waals surface area (Å²) in [5.41, 5.74) is 8.12. The highest BCUT2D eigenvalue weighted by atomic mass is 19.1. The number of nitrogens with one attached hydrogen (secondary N) is 2. The maximum absolute atomic E-state index is 15.3. The van der Waals surface area contributed by atoms with Crippen LogP contribution >= 0.6 is 0 Å². The van der Waals surface area contributed by atoms with Gasteiger partial charge in [0.05, 0.1) is 30.8 Å². The second-order valence-corrected chi connectivity index (χ2v) is 9.70. The van der Waals surface area contributed by atoms with Crippen LogP contribution in [0.15, 0.2) is 48.8 Å². The lowest BCUT2D eigenvalue weighted by Gasteiger charge is -2.28. The van der Waals surface area contributed by atoms with Crippen LogP contribution < -0.4 is 26.0 Å². The Labute approximate surface area is 231 Å². The van der Waals surface area contributed by atoms with Gasteiger partial charge in [0.25, 0.3) is 0 Å². The fourth-order valence-corrected chi connectivity index (χ4v) is 4.90. The summed E-state index contributed by atoms with van der Waals surface area (Å²) in [6.45, 7) is 8.15. The fraction of sp³-hybridized carbons (Fsp3) is 0.357. The summed E-state index contributed by atoms with van der Waals surface area (Å²) in [5, 5.41) is 7.10. The van der Waals surface area contributed by atoms with Crippen LogP contribution in [-0.2, 0) is 4.74 Å². The molecule has 2 aliphatic heterocycles. The molecule has 12 heteroatoms. The van der Waals surface area contributed by atoms with Gasteiger partial charge in [0, 0.05) is 69.0 Å². The number of nitrogens with two attached hydrogens (primary N) is 1. The molecule has 2 aliphatic rings. The number of morpholine rings is 1. The van der Waals surface area contributed by atoms with E-state index >= 15 is 4.39 Å². The third-order valence-corrected chi connectivity index (χ3v) is 7.06. The van der Waals surface area contributed by atoms with E-state index in [0.717, 1.165) is 64.8 Å². The van der Waals surface area contributed by atoms with Gasteiger partial charge in [-0.2, -0.15) is 4.98 Å². The third-order valence-electron chi connectivity index (χ3n) is 7.06. The van der Waals surface area contributed by atoms with E-state index in [1.807, 2.05) is 12.1 Å². The molecule has 5 heterocycles. The number of nitrogen functional groups attached to an aromatic ring is 1. The van der Waals surface area contributed by atoms with Crippen molar-refractivity contribution in [3.8, 4) is 17.0 Å². The van der Waals surface area contributed by atoms with Gasteiger partial charge in [-0.1, -0.05) is 0 Å². The minimum Gasteiger partial charge on any atom is -0.492 e. The fourth-order valence-electron chi connectivity index (χ4n) is 4.90. The van der Waals surface area contributed by atoms with Gasteiger partial charge in [0.2, 0.25) is 5.95 Å². The summed E-state index contributed by atoms with van der Waals surface area (Å²) >= 11 is 0. The number of pyridine rings is 2. The molecule has 4 aromatic rings. The molecule has 0 spiro atoms. The molecule has 11 nitrogen and oxygen atoms in total. The number of ether oxygens (including phenoxy) is 2. The summed E-state index contributed by atoms with van der Waals surface area (Å²) in [4.78, 5) is 22.6. The van der Waals surface area contributed by atoms with Crippen LogP contribution in [-0.4, -0.2) is 90.5 Å². The number of anilines is 4. The molecule has 4 N–H and O–H groups in total. The van der Waals surface area contributed by atoms with Crippen LogP contribution in [0.3, 0.4) is 0 Å². The first-order valence-corrected chi connectivity index (χ1v) is 13.5. The van der Waals surface area contributed by atoms with Gasteiger partial charge in [0.1, 0.15) is 35.3 Å². The molecule has 0 saturated carbocycles. The maximum Gasteiger partial charge on any atom is 0.229 e. The first-order chi connectivity index (χ1) is 19.6. The van der Waals surface area contributed by atoms with Crippen molar-refractivity contribution >= 4 is 34.2 Å². The number of hydrogen-bond acceptors (Lipinski definition) is 11. The summed E-state index contributed by atoms with van der Waals surface area (Å²) in [7, 11) is 0. The zero-order chi connectivity index (χ0) is 27.3. The minimum absolute atomic E-state index is 0.269. The molecular formula is C28H32FN9O2. The average Bonchev–Trinajstić information content (AvgIpc) is 2.99. The quantitative estimate of drug-likeness (QED) is 0.302. The molecule has 0 amide bonds. The highest BCUT2D eigenvalue weighted by molar-refractivity contribution is 5.97. The number of benzene rings is 1. The van der Waals surface area contributed by atoms with E-state index in [4.69, 9.17) is 15.2 Å². The summed E-state index contributed by atoms with van der Waals surface area (Å²) < 4.78 is 26.5. The predicted octanol–water partition coefficient (Wildman–Crippen LogP) is 2.67. The number of nitrogens with zero attached hydrogens (tertiary/aromatic N) is 6. The molecule has 2 saturated heterocycles. The largest absolute Gasteiger partial charge is 0.492 e. The van der Waals surface area contributed by atoms with Gasteiger partial charge in [0.15, 0.2) is 0 Å². The zero-order valence-corrected chi connectivity index (χ0v) is 22.1. The Balaban J connectivity index is 1.20. The van der Waals surface area contributed by atoms with Crippen molar-refractivity contribution in [1.82, 2.24) is 30.2 Å². The van der Waals surface area contributed by atoms with Crippen LogP contribution in [0.5, 0.6) is 5.75 Å². The Morgan fingerprint density at radius 3 is 2.65 bits per heavy atom. The Bertz CT molecular complexity index is 1460. The highest BCUT2D eigenvalue weighted by Gasteiger charge is 2.17. The standard InChI is InChI=1S/C28H32FN9O2/c29-23-17-20(40-16-13-37-11-14-39-15-12-37)2-3-21(23)25-26-22(5-6-32-25)27(30)36-28(35-26)34-19-1-4-24(33-18-19)38-9-7-31-8-10-38/h1-6,17-18,31H,7-16H2,(H3,30,34,35,36). The Morgan fingerprint density at radius 2 is 1.88 bits per heavy atom. The van der Waals surface area contributed by atoms with Crippen LogP contribution in [0.1, 0.15) is 0 Å². The minimum atomic E-state index is -0.455. The number of hydrogen-bond donors (Lipinski definition) is 3. The average molecular weight is 546 g/mol. The van der Waals surface area contributed by atoms with Gasteiger partial charge >= 0.3 is 0 Å². The lowest BCUT2D eigenvalue weighted by molar-refractivity contribution is 0.0322. The molecule has 2 fully saturated rings. The summed E-state index contributed by atoms with van der Waals surface area (Å²) in [6.07, 6.45) is 3.32. The smallest absolute Gasteiger partial charge is 0.229 e. The molecule has 6 rings (SSSR count). The Hall–Kier alpha value is -4.13. The van der Waals surface area contributed by atoms with Crippen LogP contribution in [0.25, 0.3) is 22.2 Å². The zero-order valence-electron chi connectivity index (χ0n) is 22.1. The molecule has 0 aliphatic carbocycles. The van der Waals surface area contributed by atoms with Crippen molar-refractivity contribution in [2.45, 2.75) is 0 Å². The molecule has 0 atom stereocenters. The van der Waals surface area contributed by atoms with Crippen molar-refractivity contribution < 1.29 is 13.9 Å². The number of piperazine rings is 1. The first-order valence-electron chi connectivity index (χ1n) is 13.5. The van der Waals surface area contributed by atoms with E-state index in [0.29, 0.717) is 40.2 Å². The lowest BCUT2D eigenvalue weighted by Crippen LogP contribution is -2.43. The molecule has 0 unspecified atom stereocenters. The van der Waals surface area contributed by atoms with Crippen molar-refractivity contribution in [3.63, 3.8) is 0 Å². The van der Waals surface area contributed by atoms with E-state index in [1.165, 1.54) is 6.07 Å². The lowest BCUT2D eigenvalue weighted by atomic mass is 10.1. The third kappa shape index (κ3) is 5.88.